The van der Waals surface area contributed by atoms with Gasteiger partial charge in [0, 0.05) is 15.6 Å². The molecule has 0 fully saturated rings. The summed E-state index contributed by atoms with van der Waals surface area (Å²) in [7, 11) is 1.66. The third kappa shape index (κ3) is 3.36. The lowest BCUT2D eigenvalue weighted by Gasteiger charge is -2.39. The van der Waals surface area contributed by atoms with Gasteiger partial charge in [0.05, 0.1) is 17.3 Å². The lowest BCUT2D eigenvalue weighted by atomic mass is 9.84. The zero-order valence-corrected chi connectivity index (χ0v) is 20.7. The Kier molecular flexibility index (Phi) is 4.99. The van der Waals surface area contributed by atoms with Gasteiger partial charge in [-0.3, -0.25) is 0 Å². The summed E-state index contributed by atoms with van der Waals surface area (Å²) in [6.45, 7) is 0. The number of methoxy groups -OCH3 is 1. The van der Waals surface area contributed by atoms with Gasteiger partial charge in [0.15, 0.2) is 0 Å². The number of fused-ring (bicyclic) bond motifs is 3. The van der Waals surface area contributed by atoms with Gasteiger partial charge in [0.2, 0.25) is 5.95 Å². The molecule has 6 nitrogen and oxygen atoms in total. The van der Waals surface area contributed by atoms with Gasteiger partial charge in [-0.25, -0.2) is 4.68 Å². The number of nitrogens with one attached hydrogen (secondary N) is 1. The molecule has 0 spiro atoms. The summed E-state index contributed by atoms with van der Waals surface area (Å²) in [4.78, 5) is 4.49. The van der Waals surface area contributed by atoms with Gasteiger partial charge in [-0.15, -0.1) is 0 Å². The number of anilines is 1. The standard InChI is InChI=1S/C25H18Br2N4O2/c1-32-20-11-8-15(12-18(20)27)23-21-22(30-25-28-13-29-31(23)25)17-4-2-3-5-19(17)33-24(21)14-6-9-16(26)10-7-14/h2-13,23-24H,1H3,(H,28,29,30). The summed E-state index contributed by atoms with van der Waals surface area (Å²) >= 11 is 7.19. The van der Waals surface area contributed by atoms with Crippen LogP contribution in [0.1, 0.15) is 28.8 Å². The molecule has 2 aliphatic heterocycles. The van der Waals surface area contributed by atoms with Crippen molar-refractivity contribution in [1.82, 2.24) is 14.8 Å². The van der Waals surface area contributed by atoms with Crippen LogP contribution < -0.4 is 14.8 Å². The first-order chi connectivity index (χ1) is 16.1. The van der Waals surface area contributed by atoms with Crippen LogP contribution in [0.3, 0.4) is 0 Å². The number of para-hydroxylation sites is 1. The van der Waals surface area contributed by atoms with Crippen LogP contribution in [-0.4, -0.2) is 21.9 Å². The van der Waals surface area contributed by atoms with Crippen LogP contribution in [0.2, 0.25) is 0 Å². The molecule has 8 heteroatoms. The van der Waals surface area contributed by atoms with E-state index in [0.29, 0.717) is 5.95 Å². The minimum atomic E-state index is -0.307. The van der Waals surface area contributed by atoms with E-state index in [4.69, 9.17) is 9.47 Å². The number of aromatic nitrogens is 3. The Labute approximate surface area is 207 Å². The number of ether oxygens (including phenoxy) is 2. The van der Waals surface area contributed by atoms with Crippen LogP contribution in [0.4, 0.5) is 5.95 Å². The smallest absolute Gasteiger partial charge is 0.226 e. The highest BCUT2D eigenvalue weighted by atomic mass is 79.9. The second kappa shape index (κ2) is 8.04. The molecule has 0 saturated heterocycles. The molecule has 0 aliphatic carbocycles. The number of nitrogens with zero attached hydrogens (tertiary/aromatic N) is 3. The molecule has 3 aromatic carbocycles. The highest BCUT2D eigenvalue weighted by Crippen LogP contribution is 2.51. The van der Waals surface area contributed by atoms with Crippen molar-refractivity contribution >= 4 is 43.5 Å². The molecule has 1 N–H and O–H groups in total. The fourth-order valence-electron chi connectivity index (χ4n) is 4.50. The fourth-order valence-corrected chi connectivity index (χ4v) is 5.33. The Balaban J connectivity index is 1.61. The number of halogens is 2. The normalized spacial score (nSPS) is 18.5. The minimum absolute atomic E-state index is 0.219. The van der Waals surface area contributed by atoms with E-state index in [2.05, 4.69) is 77.6 Å². The number of hydrogen-bond donors (Lipinski definition) is 1. The van der Waals surface area contributed by atoms with Crippen molar-refractivity contribution in [3.8, 4) is 11.5 Å². The molecule has 2 aliphatic rings. The Hall–Kier alpha value is -3.10. The Morgan fingerprint density at radius 2 is 1.79 bits per heavy atom. The largest absolute Gasteiger partial charge is 0.496 e. The van der Waals surface area contributed by atoms with Gasteiger partial charge >= 0.3 is 0 Å². The third-order valence-corrected chi connectivity index (χ3v) is 7.13. The molecule has 2 unspecified atom stereocenters. The topological polar surface area (TPSA) is 61.2 Å². The Morgan fingerprint density at radius 1 is 1.00 bits per heavy atom. The van der Waals surface area contributed by atoms with Gasteiger partial charge in [-0.2, -0.15) is 10.1 Å². The van der Waals surface area contributed by atoms with Crippen molar-refractivity contribution in [3.63, 3.8) is 0 Å². The first kappa shape index (κ1) is 20.5. The van der Waals surface area contributed by atoms with E-state index in [1.807, 2.05) is 41.1 Å². The lowest BCUT2D eigenvalue weighted by Crippen LogP contribution is -2.32. The molecular weight excluding hydrogens is 548 g/mol. The van der Waals surface area contributed by atoms with Gasteiger partial charge in [-0.05, 0) is 63.5 Å². The maximum atomic E-state index is 6.63. The fraction of sp³-hybridized carbons (Fsp3) is 0.120. The molecule has 2 atom stereocenters. The summed E-state index contributed by atoms with van der Waals surface area (Å²) in [5, 5.41) is 8.10. The van der Waals surface area contributed by atoms with E-state index in [9.17, 15) is 0 Å². The second-order valence-corrected chi connectivity index (χ2v) is 9.60. The first-order valence-electron chi connectivity index (χ1n) is 10.4. The van der Waals surface area contributed by atoms with Crippen LogP contribution in [-0.2, 0) is 0 Å². The molecule has 4 aromatic rings. The highest BCUT2D eigenvalue weighted by molar-refractivity contribution is 9.10. The van der Waals surface area contributed by atoms with Crippen molar-refractivity contribution in [2.45, 2.75) is 12.1 Å². The van der Waals surface area contributed by atoms with Crippen LogP contribution in [0.15, 0.2) is 87.6 Å². The van der Waals surface area contributed by atoms with Crippen molar-refractivity contribution in [2.24, 2.45) is 0 Å². The van der Waals surface area contributed by atoms with Gasteiger partial charge in [0.25, 0.3) is 0 Å². The molecule has 33 heavy (non-hydrogen) atoms. The van der Waals surface area contributed by atoms with Crippen molar-refractivity contribution in [2.75, 3.05) is 12.4 Å². The number of rotatable bonds is 3. The van der Waals surface area contributed by atoms with E-state index in [-0.39, 0.29) is 12.1 Å². The maximum absolute atomic E-state index is 6.63. The molecule has 3 heterocycles. The first-order valence-corrected chi connectivity index (χ1v) is 12.0. The maximum Gasteiger partial charge on any atom is 0.226 e. The summed E-state index contributed by atoms with van der Waals surface area (Å²) in [6.07, 6.45) is 1.27. The molecule has 0 bridgehead atoms. The number of benzene rings is 3. The predicted molar refractivity (Wildman–Crippen MR) is 133 cm³/mol. The lowest BCUT2D eigenvalue weighted by molar-refractivity contribution is 0.223. The SMILES string of the molecule is COc1ccc(C2C3=C(Nc4ncnn42)c2ccccc2OC3c2ccc(Br)cc2)cc1Br. The average molecular weight is 566 g/mol. The third-order valence-electron chi connectivity index (χ3n) is 5.99. The Bertz CT molecular complexity index is 1400. The molecule has 164 valence electrons. The predicted octanol–water partition coefficient (Wildman–Crippen LogP) is 6.37. The zero-order valence-electron chi connectivity index (χ0n) is 17.5. The van der Waals surface area contributed by atoms with Crippen LogP contribution in [0, 0.1) is 0 Å². The van der Waals surface area contributed by atoms with Gasteiger partial charge in [-0.1, -0.05) is 46.3 Å². The highest BCUT2D eigenvalue weighted by Gasteiger charge is 2.41. The molecule has 1 aromatic heterocycles. The van der Waals surface area contributed by atoms with Crippen LogP contribution in [0.25, 0.3) is 5.70 Å². The van der Waals surface area contributed by atoms with Crippen LogP contribution >= 0.6 is 31.9 Å². The van der Waals surface area contributed by atoms with E-state index < -0.39 is 0 Å². The molecule has 6 rings (SSSR count). The number of hydrogen-bond acceptors (Lipinski definition) is 5. The zero-order chi connectivity index (χ0) is 22.5. The summed E-state index contributed by atoms with van der Waals surface area (Å²) in [5.74, 6) is 2.30. The van der Waals surface area contributed by atoms with Crippen LogP contribution in [0.5, 0.6) is 11.5 Å². The second-order valence-electron chi connectivity index (χ2n) is 7.83. The van der Waals surface area contributed by atoms with E-state index in [0.717, 1.165) is 48.4 Å². The van der Waals surface area contributed by atoms with Crippen molar-refractivity contribution in [3.05, 3.63) is 104 Å². The van der Waals surface area contributed by atoms with Crippen molar-refractivity contribution in [1.29, 1.82) is 0 Å². The minimum Gasteiger partial charge on any atom is -0.496 e. The van der Waals surface area contributed by atoms with Crippen molar-refractivity contribution < 1.29 is 9.47 Å². The summed E-state index contributed by atoms with van der Waals surface area (Å²) in [5.41, 5.74) is 5.19. The molecule has 0 amide bonds. The van der Waals surface area contributed by atoms with Gasteiger partial charge in [0.1, 0.15) is 30.0 Å². The summed E-state index contributed by atoms with van der Waals surface area (Å²) < 4.78 is 15.9. The quantitative estimate of drug-likeness (QED) is 0.313. The molecular formula is C25H18Br2N4O2. The van der Waals surface area contributed by atoms with Gasteiger partial charge < -0.3 is 14.8 Å². The van der Waals surface area contributed by atoms with E-state index >= 15 is 0 Å². The molecule has 0 saturated carbocycles. The Morgan fingerprint density at radius 3 is 2.58 bits per heavy atom. The van der Waals surface area contributed by atoms with E-state index in [1.165, 1.54) is 0 Å². The monoisotopic (exact) mass is 564 g/mol. The molecule has 0 radical (unpaired) electrons. The average Bonchev–Trinajstić information content (AvgIpc) is 3.31. The summed E-state index contributed by atoms with van der Waals surface area (Å²) in [6, 6.07) is 22.2. The van der Waals surface area contributed by atoms with E-state index in [1.54, 1.807) is 13.4 Å².